The number of benzene rings is 1. The predicted molar refractivity (Wildman–Crippen MR) is 90.7 cm³/mol. The van der Waals surface area contributed by atoms with Gasteiger partial charge in [-0.05, 0) is 25.0 Å². The summed E-state index contributed by atoms with van der Waals surface area (Å²) in [6, 6.07) is 7.50. The smallest absolute Gasteiger partial charge is 0.326 e. The number of carbonyl (C=O) groups is 3. The topological polar surface area (TPSA) is 124 Å². The molecule has 0 spiro atoms. The zero-order valence-corrected chi connectivity index (χ0v) is 14.5. The second-order valence-electron chi connectivity index (χ2n) is 5.93. The monoisotopic (exact) mass is 368 g/mol. The summed E-state index contributed by atoms with van der Waals surface area (Å²) < 4.78 is 12.2. The lowest BCUT2D eigenvalue weighted by atomic mass is 10.2. The lowest BCUT2D eigenvalue weighted by molar-refractivity contribution is -0.147. The first-order chi connectivity index (χ1) is 11.8. The quantitative estimate of drug-likeness (QED) is 0.611. The summed E-state index contributed by atoms with van der Waals surface area (Å²) in [6.45, 7) is 0.234. The normalized spacial score (nSPS) is 19.2. The van der Waals surface area contributed by atoms with E-state index in [-0.39, 0.29) is 25.2 Å². The molecule has 136 valence electrons. The molecule has 1 aliphatic heterocycles. The fourth-order valence-corrected chi connectivity index (χ4v) is 3.96. The third-order valence-electron chi connectivity index (χ3n) is 4.02. The Balaban J connectivity index is 1.83. The second kappa shape index (κ2) is 8.27. The van der Waals surface area contributed by atoms with Gasteiger partial charge in [0, 0.05) is 24.8 Å². The van der Waals surface area contributed by atoms with Gasteiger partial charge in [0.1, 0.15) is 12.2 Å². The molecule has 0 saturated carbocycles. The van der Waals surface area contributed by atoms with Crippen molar-refractivity contribution in [2.24, 2.45) is 0 Å². The molecule has 1 aromatic rings. The van der Waals surface area contributed by atoms with Crippen LogP contribution in [0.25, 0.3) is 0 Å². The molecule has 0 bridgehead atoms. The molecule has 1 heterocycles. The van der Waals surface area contributed by atoms with Gasteiger partial charge in [-0.3, -0.25) is 14.2 Å². The zero-order chi connectivity index (χ0) is 18.4. The summed E-state index contributed by atoms with van der Waals surface area (Å²) in [7, 11) is -3.80. The van der Waals surface area contributed by atoms with Crippen molar-refractivity contribution in [1.82, 2.24) is 10.2 Å². The van der Waals surface area contributed by atoms with Crippen molar-refractivity contribution < 1.29 is 28.9 Å². The number of nitrogens with zero attached hydrogens (tertiary/aromatic N) is 1. The molecule has 2 rings (SSSR count). The van der Waals surface area contributed by atoms with E-state index in [2.05, 4.69) is 5.32 Å². The number of carbonyl (C=O) groups excluding carboxylic acids is 2. The molecule has 25 heavy (non-hydrogen) atoms. The Bertz CT molecular complexity index is 693. The van der Waals surface area contributed by atoms with E-state index in [1.165, 1.54) is 0 Å². The highest BCUT2D eigenvalue weighted by Gasteiger charge is 2.36. The number of hydrogen-bond acceptors (Lipinski definition) is 4. The van der Waals surface area contributed by atoms with E-state index in [1.807, 2.05) is 0 Å². The number of nitrogens with one attached hydrogen (secondary N) is 1. The van der Waals surface area contributed by atoms with Crippen LogP contribution in [-0.4, -0.2) is 64.1 Å². The Kier molecular flexibility index (Phi) is 6.33. The van der Waals surface area contributed by atoms with Crippen molar-refractivity contribution in [2.75, 3.05) is 25.4 Å². The molecule has 0 radical (unpaired) electrons. The third kappa shape index (κ3) is 5.41. The van der Waals surface area contributed by atoms with Crippen molar-refractivity contribution in [3.05, 3.63) is 35.9 Å². The van der Waals surface area contributed by atoms with E-state index >= 15 is 0 Å². The lowest BCUT2D eigenvalue weighted by Crippen LogP contribution is -2.42. The maximum absolute atomic E-state index is 12.2. The van der Waals surface area contributed by atoms with Crippen LogP contribution in [0.2, 0.25) is 0 Å². The van der Waals surface area contributed by atoms with Crippen LogP contribution in [-0.2, 0) is 14.2 Å². The average molecular weight is 368 g/mol. The van der Waals surface area contributed by atoms with Gasteiger partial charge >= 0.3 is 5.97 Å². The molecular formula is C16H21N2O6P. The van der Waals surface area contributed by atoms with Crippen molar-refractivity contribution in [2.45, 2.75) is 18.9 Å². The van der Waals surface area contributed by atoms with Crippen molar-refractivity contribution in [3.8, 4) is 0 Å². The van der Waals surface area contributed by atoms with Crippen molar-refractivity contribution in [3.63, 3.8) is 0 Å². The first-order valence-corrected chi connectivity index (χ1v) is 9.99. The summed E-state index contributed by atoms with van der Waals surface area (Å²) in [6.07, 6.45) is 0.0520. The molecule has 0 aromatic heterocycles. The molecule has 1 aromatic carbocycles. The summed E-state index contributed by atoms with van der Waals surface area (Å²) in [4.78, 5) is 46.2. The van der Waals surface area contributed by atoms with Crippen molar-refractivity contribution >= 4 is 25.2 Å². The summed E-state index contributed by atoms with van der Waals surface area (Å²) in [5, 5.41) is 11.6. The van der Waals surface area contributed by atoms with Crippen LogP contribution in [0.3, 0.4) is 0 Å². The second-order valence-corrected chi connectivity index (χ2v) is 8.39. The number of carboxylic acids is 1. The molecule has 1 fully saturated rings. The van der Waals surface area contributed by atoms with Gasteiger partial charge in [0.2, 0.25) is 13.3 Å². The minimum atomic E-state index is -3.80. The summed E-state index contributed by atoms with van der Waals surface area (Å²) in [5.74, 6) is -2.10. The van der Waals surface area contributed by atoms with Gasteiger partial charge in [-0.15, -0.1) is 0 Å². The Morgan fingerprint density at radius 2 is 1.92 bits per heavy atom. The molecule has 2 atom stereocenters. The van der Waals surface area contributed by atoms with Crippen LogP contribution < -0.4 is 5.32 Å². The van der Waals surface area contributed by atoms with Gasteiger partial charge in [0.15, 0.2) is 0 Å². The van der Waals surface area contributed by atoms with E-state index in [0.29, 0.717) is 18.4 Å². The molecule has 2 amide bonds. The first-order valence-electron chi connectivity index (χ1n) is 7.96. The number of carboxylic acid groups (broad SMARTS) is 1. The van der Waals surface area contributed by atoms with E-state index in [1.54, 1.807) is 30.3 Å². The van der Waals surface area contributed by atoms with Gasteiger partial charge in [0.25, 0.3) is 5.91 Å². The Morgan fingerprint density at radius 3 is 2.56 bits per heavy atom. The van der Waals surface area contributed by atoms with Gasteiger partial charge in [-0.2, -0.15) is 0 Å². The minimum Gasteiger partial charge on any atom is -0.480 e. The SMILES string of the molecule is O=C(NCCP(=O)(O)CC(=O)N1CCC[C@H]1C(=O)O)c1ccccc1. The highest BCUT2D eigenvalue weighted by molar-refractivity contribution is 7.59. The van der Waals surface area contributed by atoms with Crippen LogP contribution in [0.4, 0.5) is 0 Å². The Hall–Kier alpha value is -2.18. The molecule has 1 unspecified atom stereocenters. The van der Waals surface area contributed by atoms with E-state index in [0.717, 1.165) is 4.90 Å². The number of likely N-dealkylation sites (tertiary alicyclic amines) is 1. The maximum atomic E-state index is 12.2. The predicted octanol–water partition coefficient (Wildman–Crippen LogP) is 0.762. The largest absolute Gasteiger partial charge is 0.480 e. The molecule has 1 saturated heterocycles. The van der Waals surface area contributed by atoms with E-state index in [9.17, 15) is 23.8 Å². The standard InChI is InChI=1S/C16H21N2O6P/c19-14(18-9-4-7-13(18)16(21)22)11-25(23,24)10-8-17-15(20)12-5-2-1-3-6-12/h1-3,5-6,13H,4,7-11H2,(H,17,20)(H,21,22)(H,23,24)/t13-/m0/s1. The summed E-state index contributed by atoms with van der Waals surface area (Å²) >= 11 is 0. The van der Waals surface area contributed by atoms with Crippen molar-refractivity contribution in [1.29, 1.82) is 0 Å². The van der Waals surface area contributed by atoms with Gasteiger partial charge in [0.05, 0.1) is 0 Å². The van der Waals surface area contributed by atoms with Crippen LogP contribution >= 0.6 is 7.37 Å². The highest BCUT2D eigenvalue weighted by Crippen LogP contribution is 2.40. The highest BCUT2D eigenvalue weighted by atomic mass is 31.2. The fourth-order valence-electron chi connectivity index (χ4n) is 2.74. The minimum absolute atomic E-state index is 0.0445. The molecule has 1 aliphatic rings. The summed E-state index contributed by atoms with van der Waals surface area (Å²) in [5.41, 5.74) is 0.438. The van der Waals surface area contributed by atoms with Gasteiger partial charge < -0.3 is 20.2 Å². The number of rotatable bonds is 7. The average Bonchev–Trinajstić information content (AvgIpc) is 3.05. The van der Waals surface area contributed by atoms with E-state index in [4.69, 9.17) is 5.11 Å². The third-order valence-corrected chi connectivity index (χ3v) is 5.71. The molecular weight excluding hydrogens is 347 g/mol. The zero-order valence-electron chi connectivity index (χ0n) is 13.6. The Labute approximate surface area is 145 Å². The van der Waals surface area contributed by atoms with Gasteiger partial charge in [-0.25, -0.2) is 4.79 Å². The molecule has 3 N–H and O–H groups in total. The number of hydrogen-bond donors (Lipinski definition) is 3. The van der Waals surface area contributed by atoms with Crippen LogP contribution in [0.1, 0.15) is 23.2 Å². The Morgan fingerprint density at radius 1 is 1.24 bits per heavy atom. The number of aliphatic carboxylic acids is 1. The van der Waals surface area contributed by atoms with E-state index < -0.39 is 31.4 Å². The molecule has 9 heteroatoms. The fraction of sp³-hybridized carbons (Fsp3) is 0.438. The van der Waals surface area contributed by atoms with Crippen LogP contribution in [0, 0.1) is 0 Å². The first kappa shape index (κ1) is 19.1. The lowest BCUT2D eigenvalue weighted by Gasteiger charge is -2.22. The van der Waals surface area contributed by atoms with Gasteiger partial charge in [-0.1, -0.05) is 18.2 Å². The molecule has 0 aliphatic carbocycles. The maximum Gasteiger partial charge on any atom is 0.326 e. The molecule has 8 nitrogen and oxygen atoms in total. The van der Waals surface area contributed by atoms with Crippen LogP contribution in [0.15, 0.2) is 30.3 Å². The number of amides is 2. The van der Waals surface area contributed by atoms with Crippen LogP contribution in [0.5, 0.6) is 0 Å².